The molecule has 3 aromatic rings. The molecule has 6 heteroatoms. The molecule has 4 rings (SSSR count). The van der Waals surface area contributed by atoms with Crippen LogP contribution in [0.1, 0.15) is 52.6 Å². The van der Waals surface area contributed by atoms with E-state index >= 15 is 0 Å². The molecule has 2 aromatic heterocycles. The summed E-state index contributed by atoms with van der Waals surface area (Å²) in [4.78, 5) is 30.8. The molecular formula is C25H28N2O2S2. The van der Waals surface area contributed by atoms with Gasteiger partial charge in [0.25, 0.3) is 0 Å². The molecule has 2 amide bonds. The molecule has 0 spiro atoms. The van der Waals surface area contributed by atoms with Crippen molar-refractivity contribution >= 4 is 40.2 Å². The van der Waals surface area contributed by atoms with E-state index in [-0.39, 0.29) is 24.3 Å². The Kier molecular flexibility index (Phi) is 6.88. The lowest BCUT2D eigenvalue weighted by Gasteiger charge is -2.32. The number of rotatable bonds is 7. The van der Waals surface area contributed by atoms with E-state index < -0.39 is 6.04 Å². The second-order valence-electron chi connectivity index (χ2n) is 8.20. The molecule has 1 aliphatic carbocycles. The van der Waals surface area contributed by atoms with E-state index in [0.29, 0.717) is 0 Å². The highest BCUT2D eigenvalue weighted by atomic mass is 32.1. The van der Waals surface area contributed by atoms with Crippen LogP contribution in [0.3, 0.4) is 0 Å². The molecular weight excluding hydrogens is 424 g/mol. The van der Waals surface area contributed by atoms with Gasteiger partial charge in [0.1, 0.15) is 6.04 Å². The fourth-order valence-electron chi connectivity index (χ4n) is 4.13. The molecule has 1 N–H and O–H groups in total. The summed E-state index contributed by atoms with van der Waals surface area (Å²) in [6.45, 7) is 4.10. The molecule has 1 unspecified atom stereocenters. The standard InChI is InChI=1S/C25H28N2O2S2/c1-17-11-12-20(15-18(17)2)27(23(28)16-21-9-5-13-30-21)24(22-10-6-14-31-22)25(29)26-19-7-3-4-8-19/h5-6,9-15,19,24H,3-4,7-8,16H2,1-2H3,(H,26,29). The Morgan fingerprint density at radius 2 is 1.77 bits per heavy atom. The minimum Gasteiger partial charge on any atom is -0.351 e. The topological polar surface area (TPSA) is 49.4 Å². The summed E-state index contributed by atoms with van der Waals surface area (Å²) in [5, 5.41) is 7.18. The van der Waals surface area contributed by atoms with Gasteiger partial charge in [-0.2, -0.15) is 0 Å². The van der Waals surface area contributed by atoms with E-state index in [2.05, 4.69) is 12.2 Å². The fraction of sp³-hybridized carbons (Fsp3) is 0.360. The van der Waals surface area contributed by atoms with Gasteiger partial charge in [0.05, 0.1) is 6.42 Å². The van der Waals surface area contributed by atoms with E-state index in [1.807, 2.05) is 60.1 Å². The lowest BCUT2D eigenvalue weighted by molar-refractivity contribution is -0.126. The molecule has 1 aromatic carbocycles. The number of amides is 2. The molecule has 4 nitrogen and oxygen atoms in total. The Morgan fingerprint density at radius 3 is 2.42 bits per heavy atom. The van der Waals surface area contributed by atoms with Crippen molar-refractivity contribution in [3.8, 4) is 0 Å². The van der Waals surface area contributed by atoms with Crippen molar-refractivity contribution in [2.75, 3.05) is 4.90 Å². The summed E-state index contributed by atoms with van der Waals surface area (Å²) in [6.07, 6.45) is 4.59. The maximum Gasteiger partial charge on any atom is 0.248 e. The van der Waals surface area contributed by atoms with Crippen molar-refractivity contribution in [3.05, 3.63) is 74.1 Å². The van der Waals surface area contributed by atoms with Crippen molar-refractivity contribution in [1.29, 1.82) is 0 Å². The van der Waals surface area contributed by atoms with Gasteiger partial charge in [-0.3, -0.25) is 14.5 Å². The normalized spacial score (nSPS) is 15.0. The number of nitrogens with one attached hydrogen (secondary N) is 1. The van der Waals surface area contributed by atoms with Crippen LogP contribution in [0.5, 0.6) is 0 Å². The maximum absolute atomic E-state index is 13.6. The van der Waals surface area contributed by atoms with Gasteiger partial charge in [0.2, 0.25) is 11.8 Å². The Morgan fingerprint density at radius 1 is 1.03 bits per heavy atom. The van der Waals surface area contributed by atoms with Crippen molar-refractivity contribution in [2.24, 2.45) is 0 Å². The summed E-state index contributed by atoms with van der Waals surface area (Å²) < 4.78 is 0. The van der Waals surface area contributed by atoms with Crippen LogP contribution in [0.2, 0.25) is 0 Å². The third-order valence-corrected chi connectivity index (χ3v) is 7.76. The Balaban J connectivity index is 1.73. The zero-order valence-electron chi connectivity index (χ0n) is 18.0. The van der Waals surface area contributed by atoms with Gasteiger partial charge < -0.3 is 5.32 Å². The predicted molar refractivity (Wildman–Crippen MR) is 129 cm³/mol. The van der Waals surface area contributed by atoms with Gasteiger partial charge >= 0.3 is 0 Å². The molecule has 1 saturated carbocycles. The summed E-state index contributed by atoms with van der Waals surface area (Å²) in [5.74, 6) is -0.155. The molecule has 1 atom stereocenters. The van der Waals surface area contributed by atoms with Gasteiger partial charge in [-0.1, -0.05) is 31.0 Å². The first-order valence-electron chi connectivity index (χ1n) is 10.8. The van der Waals surface area contributed by atoms with Gasteiger partial charge in [-0.15, -0.1) is 22.7 Å². The number of hydrogen-bond donors (Lipinski definition) is 1. The minimum absolute atomic E-state index is 0.0642. The largest absolute Gasteiger partial charge is 0.351 e. The molecule has 0 saturated heterocycles. The third-order valence-electron chi connectivity index (χ3n) is 5.96. The van der Waals surface area contributed by atoms with E-state index in [1.165, 1.54) is 11.3 Å². The molecule has 0 radical (unpaired) electrons. The quantitative estimate of drug-likeness (QED) is 0.492. The van der Waals surface area contributed by atoms with Crippen LogP contribution in [0, 0.1) is 13.8 Å². The molecule has 2 heterocycles. The summed E-state index contributed by atoms with van der Waals surface area (Å²) >= 11 is 3.09. The number of carbonyl (C=O) groups is 2. The lowest BCUT2D eigenvalue weighted by atomic mass is 10.1. The summed E-state index contributed by atoms with van der Waals surface area (Å²) in [6, 6.07) is 13.4. The summed E-state index contributed by atoms with van der Waals surface area (Å²) in [7, 11) is 0. The number of carbonyl (C=O) groups excluding carboxylic acids is 2. The number of aryl methyl sites for hydroxylation is 2. The first-order chi connectivity index (χ1) is 15.0. The molecule has 0 bridgehead atoms. The lowest BCUT2D eigenvalue weighted by Crippen LogP contribution is -2.46. The van der Waals surface area contributed by atoms with Crippen molar-refractivity contribution in [3.63, 3.8) is 0 Å². The highest BCUT2D eigenvalue weighted by Crippen LogP contribution is 2.33. The van der Waals surface area contributed by atoms with Crippen molar-refractivity contribution < 1.29 is 9.59 Å². The van der Waals surface area contributed by atoms with Gasteiger partial charge in [-0.05, 0) is 72.8 Å². The van der Waals surface area contributed by atoms with Crippen LogP contribution < -0.4 is 10.2 Å². The Hall–Kier alpha value is -2.44. The van der Waals surface area contributed by atoms with Crippen LogP contribution in [-0.2, 0) is 16.0 Å². The molecule has 162 valence electrons. The van der Waals surface area contributed by atoms with E-state index in [1.54, 1.807) is 16.2 Å². The smallest absolute Gasteiger partial charge is 0.248 e. The zero-order chi connectivity index (χ0) is 21.8. The van der Waals surface area contributed by atoms with Crippen LogP contribution in [0.25, 0.3) is 0 Å². The van der Waals surface area contributed by atoms with E-state index in [0.717, 1.165) is 52.3 Å². The third kappa shape index (κ3) is 5.08. The number of benzene rings is 1. The fourth-order valence-corrected chi connectivity index (χ4v) is 5.64. The van der Waals surface area contributed by atoms with Gasteiger partial charge in [0.15, 0.2) is 0 Å². The van der Waals surface area contributed by atoms with Crippen LogP contribution in [0.15, 0.2) is 53.2 Å². The zero-order valence-corrected chi connectivity index (χ0v) is 19.6. The monoisotopic (exact) mass is 452 g/mol. The molecule has 1 fully saturated rings. The Bertz CT molecular complexity index is 1020. The van der Waals surface area contributed by atoms with Crippen LogP contribution in [-0.4, -0.2) is 17.9 Å². The predicted octanol–water partition coefficient (Wildman–Crippen LogP) is 5.80. The van der Waals surface area contributed by atoms with Crippen LogP contribution >= 0.6 is 22.7 Å². The molecule has 1 aliphatic rings. The summed E-state index contributed by atoms with van der Waals surface area (Å²) in [5.41, 5.74) is 3.04. The SMILES string of the molecule is Cc1ccc(N(C(=O)Cc2cccs2)C(C(=O)NC2CCCC2)c2cccs2)cc1C. The molecule has 0 aliphatic heterocycles. The van der Waals surface area contributed by atoms with Crippen molar-refractivity contribution in [2.45, 2.75) is 58.0 Å². The first kappa shape index (κ1) is 21.8. The highest BCUT2D eigenvalue weighted by Gasteiger charge is 2.35. The van der Waals surface area contributed by atoms with Crippen molar-refractivity contribution in [1.82, 2.24) is 5.32 Å². The first-order valence-corrected chi connectivity index (χ1v) is 12.5. The molecule has 31 heavy (non-hydrogen) atoms. The number of nitrogens with zero attached hydrogens (tertiary/aromatic N) is 1. The van der Waals surface area contributed by atoms with E-state index in [9.17, 15) is 9.59 Å². The number of hydrogen-bond acceptors (Lipinski definition) is 4. The minimum atomic E-state index is -0.671. The second-order valence-corrected chi connectivity index (χ2v) is 10.2. The van der Waals surface area contributed by atoms with Crippen LogP contribution in [0.4, 0.5) is 5.69 Å². The van der Waals surface area contributed by atoms with Gasteiger partial charge in [0, 0.05) is 21.5 Å². The Labute approximate surface area is 191 Å². The maximum atomic E-state index is 13.6. The number of anilines is 1. The van der Waals surface area contributed by atoms with E-state index in [4.69, 9.17) is 0 Å². The van der Waals surface area contributed by atoms with Gasteiger partial charge in [-0.25, -0.2) is 0 Å². The number of thiophene rings is 2. The average Bonchev–Trinajstić information content (AvgIpc) is 3.52. The highest BCUT2D eigenvalue weighted by molar-refractivity contribution is 7.10. The average molecular weight is 453 g/mol. The second kappa shape index (κ2) is 9.79.